The Bertz CT molecular complexity index is 1190. The fourth-order valence-electron chi connectivity index (χ4n) is 4.31. The molecule has 1 aliphatic carbocycles. The Labute approximate surface area is 182 Å². The van der Waals surface area contributed by atoms with E-state index >= 15 is 0 Å². The van der Waals surface area contributed by atoms with Gasteiger partial charge in [0.15, 0.2) is 6.10 Å². The lowest BCUT2D eigenvalue weighted by Crippen LogP contribution is -2.29. The molecule has 156 valence electrons. The molecule has 4 nitrogen and oxygen atoms in total. The third-order valence-corrected chi connectivity index (χ3v) is 5.70. The second-order valence-electron chi connectivity index (χ2n) is 7.44. The SMILES string of the molecule is CCC1=C(C(O)C(N)=O)c2c(OC)cccc2/C1=C\c1ccccc1-c1ccccc1. The molecule has 0 heterocycles. The summed E-state index contributed by atoms with van der Waals surface area (Å²) in [6.45, 7) is 2.01. The third kappa shape index (κ3) is 3.66. The summed E-state index contributed by atoms with van der Waals surface area (Å²) in [5.41, 5.74) is 12.8. The lowest BCUT2D eigenvalue weighted by atomic mass is 9.94. The van der Waals surface area contributed by atoms with Gasteiger partial charge in [-0.15, -0.1) is 0 Å². The van der Waals surface area contributed by atoms with E-state index < -0.39 is 12.0 Å². The summed E-state index contributed by atoms with van der Waals surface area (Å²) in [5.74, 6) is -0.165. The van der Waals surface area contributed by atoms with Crippen LogP contribution in [0, 0.1) is 0 Å². The molecule has 3 aromatic carbocycles. The van der Waals surface area contributed by atoms with E-state index in [0.717, 1.165) is 39.0 Å². The number of carbonyl (C=O) groups is 1. The van der Waals surface area contributed by atoms with Gasteiger partial charge >= 0.3 is 0 Å². The van der Waals surface area contributed by atoms with E-state index in [4.69, 9.17) is 10.5 Å². The molecule has 0 fully saturated rings. The molecule has 1 atom stereocenters. The number of hydrogen-bond donors (Lipinski definition) is 2. The Morgan fingerprint density at radius 3 is 2.35 bits per heavy atom. The number of nitrogens with two attached hydrogens (primary N) is 1. The van der Waals surface area contributed by atoms with Crippen molar-refractivity contribution in [3.8, 4) is 16.9 Å². The molecule has 4 rings (SSSR count). The predicted molar refractivity (Wildman–Crippen MR) is 125 cm³/mol. The first-order chi connectivity index (χ1) is 15.1. The first-order valence-electron chi connectivity index (χ1n) is 10.3. The summed E-state index contributed by atoms with van der Waals surface area (Å²) in [4.78, 5) is 11.9. The summed E-state index contributed by atoms with van der Waals surface area (Å²) in [5, 5.41) is 10.7. The predicted octanol–water partition coefficient (Wildman–Crippen LogP) is 4.93. The topological polar surface area (TPSA) is 72.5 Å². The summed E-state index contributed by atoms with van der Waals surface area (Å²) >= 11 is 0. The van der Waals surface area contributed by atoms with Crippen molar-refractivity contribution in [3.63, 3.8) is 0 Å². The number of carbonyl (C=O) groups excluding carboxylic acids is 1. The fourth-order valence-corrected chi connectivity index (χ4v) is 4.31. The van der Waals surface area contributed by atoms with Gasteiger partial charge in [-0.2, -0.15) is 0 Å². The molecule has 1 amide bonds. The monoisotopic (exact) mass is 411 g/mol. The molecule has 0 saturated carbocycles. The number of aliphatic hydroxyl groups excluding tert-OH is 1. The Balaban J connectivity index is 1.98. The van der Waals surface area contributed by atoms with Gasteiger partial charge in [-0.25, -0.2) is 0 Å². The Morgan fingerprint density at radius 2 is 1.68 bits per heavy atom. The largest absolute Gasteiger partial charge is 0.496 e. The highest BCUT2D eigenvalue weighted by atomic mass is 16.5. The number of amides is 1. The minimum atomic E-state index is -1.40. The number of methoxy groups -OCH3 is 1. The molecule has 31 heavy (non-hydrogen) atoms. The molecule has 0 saturated heterocycles. The smallest absolute Gasteiger partial charge is 0.250 e. The van der Waals surface area contributed by atoms with Crippen molar-refractivity contribution in [2.75, 3.05) is 7.11 Å². The van der Waals surface area contributed by atoms with E-state index in [-0.39, 0.29) is 0 Å². The molecule has 0 spiro atoms. The average Bonchev–Trinajstić information content (AvgIpc) is 3.12. The quantitative estimate of drug-likeness (QED) is 0.604. The number of ether oxygens (including phenoxy) is 1. The van der Waals surface area contributed by atoms with Crippen molar-refractivity contribution in [1.29, 1.82) is 0 Å². The molecule has 3 N–H and O–H groups in total. The van der Waals surface area contributed by atoms with E-state index in [1.807, 2.05) is 55.5 Å². The van der Waals surface area contributed by atoms with Crippen molar-refractivity contribution in [2.24, 2.45) is 5.73 Å². The number of aliphatic hydroxyl groups is 1. The maximum Gasteiger partial charge on any atom is 0.250 e. The van der Waals surface area contributed by atoms with Gasteiger partial charge in [-0.05, 0) is 52.0 Å². The molecule has 0 aliphatic heterocycles. The van der Waals surface area contributed by atoms with Gasteiger partial charge in [0.2, 0.25) is 0 Å². The highest BCUT2D eigenvalue weighted by molar-refractivity contribution is 6.12. The zero-order valence-corrected chi connectivity index (χ0v) is 17.6. The summed E-state index contributed by atoms with van der Waals surface area (Å²) < 4.78 is 5.58. The van der Waals surface area contributed by atoms with Gasteiger partial charge in [-0.3, -0.25) is 4.79 Å². The summed E-state index contributed by atoms with van der Waals surface area (Å²) in [6.07, 6.45) is 1.36. The van der Waals surface area contributed by atoms with E-state index in [2.05, 4.69) is 30.3 Å². The minimum absolute atomic E-state index is 0.533. The number of rotatable bonds is 6. The number of hydrogen-bond acceptors (Lipinski definition) is 3. The van der Waals surface area contributed by atoms with Crippen molar-refractivity contribution in [3.05, 3.63) is 95.1 Å². The Hall–Kier alpha value is -3.63. The van der Waals surface area contributed by atoms with Crippen LogP contribution in [0.5, 0.6) is 5.75 Å². The van der Waals surface area contributed by atoms with Gasteiger partial charge in [-0.1, -0.05) is 73.7 Å². The van der Waals surface area contributed by atoms with E-state index in [1.165, 1.54) is 0 Å². The van der Waals surface area contributed by atoms with Gasteiger partial charge in [0.05, 0.1) is 7.11 Å². The van der Waals surface area contributed by atoms with E-state index in [0.29, 0.717) is 17.7 Å². The first kappa shape index (κ1) is 20.6. The number of fused-ring (bicyclic) bond motifs is 1. The lowest BCUT2D eigenvalue weighted by molar-refractivity contribution is -0.123. The first-order valence-corrected chi connectivity index (χ1v) is 10.3. The van der Waals surface area contributed by atoms with Gasteiger partial charge in [0.1, 0.15) is 5.75 Å². The van der Waals surface area contributed by atoms with Crippen LogP contribution < -0.4 is 10.5 Å². The molecule has 1 unspecified atom stereocenters. The number of benzene rings is 3. The maximum atomic E-state index is 11.9. The average molecular weight is 412 g/mol. The zero-order chi connectivity index (χ0) is 22.0. The fraction of sp³-hybridized carbons (Fsp3) is 0.148. The van der Waals surface area contributed by atoms with Crippen molar-refractivity contribution in [2.45, 2.75) is 19.4 Å². The molecule has 0 aromatic heterocycles. The standard InChI is InChI=1S/C27H25NO3/c1-3-19-22(16-18-12-7-8-13-20(18)17-10-5-4-6-11-17)21-14-9-15-23(31-2)24(21)25(19)26(29)27(28)30/h4-16,26,29H,3H2,1-2H3,(H2,28,30)/b22-16-. The number of primary amides is 1. The van der Waals surface area contributed by atoms with Gasteiger partial charge in [0, 0.05) is 11.1 Å². The molecule has 4 heteroatoms. The van der Waals surface area contributed by atoms with Crippen LogP contribution in [0.15, 0.2) is 78.4 Å². The van der Waals surface area contributed by atoms with Crippen molar-refractivity contribution in [1.82, 2.24) is 0 Å². The lowest BCUT2D eigenvalue weighted by Gasteiger charge is -2.14. The van der Waals surface area contributed by atoms with E-state index in [9.17, 15) is 9.90 Å². The van der Waals surface area contributed by atoms with Crippen LogP contribution in [-0.4, -0.2) is 24.2 Å². The van der Waals surface area contributed by atoms with Crippen molar-refractivity contribution < 1.29 is 14.6 Å². The molecule has 1 aliphatic rings. The van der Waals surface area contributed by atoms with Crippen LogP contribution in [-0.2, 0) is 4.79 Å². The normalized spacial score (nSPS) is 15.1. The zero-order valence-electron chi connectivity index (χ0n) is 17.6. The summed E-state index contributed by atoms with van der Waals surface area (Å²) in [6, 6.07) is 24.2. The maximum absolute atomic E-state index is 11.9. The van der Waals surface area contributed by atoms with Crippen LogP contribution in [0.25, 0.3) is 28.3 Å². The molecule has 0 bridgehead atoms. The Morgan fingerprint density at radius 1 is 1.00 bits per heavy atom. The van der Waals surface area contributed by atoms with E-state index in [1.54, 1.807) is 7.11 Å². The highest BCUT2D eigenvalue weighted by Crippen LogP contribution is 2.49. The van der Waals surface area contributed by atoms with Crippen LogP contribution in [0.3, 0.4) is 0 Å². The molecule has 0 radical (unpaired) electrons. The molecule has 3 aromatic rings. The highest BCUT2D eigenvalue weighted by Gasteiger charge is 2.34. The molecular formula is C27H25NO3. The Kier molecular flexibility index (Phi) is 5.74. The van der Waals surface area contributed by atoms with Crippen molar-refractivity contribution >= 4 is 23.1 Å². The van der Waals surface area contributed by atoms with Gasteiger partial charge < -0.3 is 15.6 Å². The second kappa shape index (κ2) is 8.62. The molecular weight excluding hydrogens is 386 g/mol. The van der Waals surface area contributed by atoms with Crippen LogP contribution in [0.2, 0.25) is 0 Å². The van der Waals surface area contributed by atoms with Crippen LogP contribution in [0.4, 0.5) is 0 Å². The van der Waals surface area contributed by atoms with Crippen LogP contribution in [0.1, 0.15) is 30.0 Å². The minimum Gasteiger partial charge on any atom is -0.496 e. The third-order valence-electron chi connectivity index (χ3n) is 5.70. The van der Waals surface area contributed by atoms with Crippen LogP contribution >= 0.6 is 0 Å². The summed E-state index contributed by atoms with van der Waals surface area (Å²) in [7, 11) is 1.59. The number of allylic oxidation sites excluding steroid dienone is 2. The second-order valence-corrected chi connectivity index (χ2v) is 7.44. The van der Waals surface area contributed by atoms with Gasteiger partial charge in [0.25, 0.3) is 5.91 Å².